The summed E-state index contributed by atoms with van der Waals surface area (Å²) in [6, 6.07) is 23.7. The third kappa shape index (κ3) is 7.13. The van der Waals surface area contributed by atoms with Crippen molar-refractivity contribution < 1.29 is 29.0 Å². The zero-order chi connectivity index (χ0) is 29.5. The fraction of sp³-hybridized carbons (Fsp3) is 0.364. The van der Waals surface area contributed by atoms with Gasteiger partial charge < -0.3 is 25.2 Å². The molecule has 1 aliphatic rings. The lowest BCUT2D eigenvalue weighted by Gasteiger charge is -2.30. The largest absolute Gasteiger partial charge is 0.480 e. The van der Waals surface area contributed by atoms with Crippen LogP contribution in [0, 0.1) is 11.8 Å². The number of aliphatic carboxylic acids is 1. The van der Waals surface area contributed by atoms with Gasteiger partial charge in [0.2, 0.25) is 5.91 Å². The Morgan fingerprint density at radius 3 is 1.93 bits per heavy atom. The van der Waals surface area contributed by atoms with Crippen LogP contribution >= 0.6 is 0 Å². The summed E-state index contributed by atoms with van der Waals surface area (Å²) in [5.74, 6) is -2.64. The first-order valence-electron chi connectivity index (χ1n) is 14.0. The molecule has 0 spiro atoms. The maximum Gasteiger partial charge on any atom is 0.407 e. The van der Waals surface area contributed by atoms with E-state index in [0.717, 1.165) is 27.8 Å². The van der Waals surface area contributed by atoms with Gasteiger partial charge in [-0.3, -0.25) is 4.79 Å². The first kappa shape index (κ1) is 29.8. The fourth-order valence-corrected chi connectivity index (χ4v) is 5.55. The van der Waals surface area contributed by atoms with Gasteiger partial charge in [0, 0.05) is 12.0 Å². The van der Waals surface area contributed by atoms with Crippen LogP contribution in [0.25, 0.3) is 11.1 Å². The molecule has 216 valence electrons. The number of hydrogen-bond donors (Lipinski definition) is 3. The van der Waals surface area contributed by atoms with E-state index in [1.807, 2.05) is 80.6 Å². The minimum absolute atomic E-state index is 0.0821. The van der Waals surface area contributed by atoms with Crippen molar-refractivity contribution in [3.63, 3.8) is 0 Å². The lowest BCUT2D eigenvalue weighted by Crippen LogP contribution is -2.54. The van der Waals surface area contributed by atoms with E-state index < -0.39 is 42.1 Å². The molecule has 41 heavy (non-hydrogen) atoms. The van der Waals surface area contributed by atoms with Crippen LogP contribution in [0.1, 0.15) is 50.3 Å². The van der Waals surface area contributed by atoms with Crippen molar-refractivity contribution in [2.24, 2.45) is 11.8 Å². The topological polar surface area (TPSA) is 114 Å². The maximum atomic E-state index is 13.3. The van der Waals surface area contributed by atoms with Crippen LogP contribution in [-0.4, -0.2) is 47.9 Å². The molecule has 1 aliphatic carbocycles. The number of alkyl carbamates (subject to hydrolysis) is 1. The highest BCUT2D eigenvalue weighted by atomic mass is 16.5. The van der Waals surface area contributed by atoms with Gasteiger partial charge in [-0.1, -0.05) is 92.7 Å². The van der Waals surface area contributed by atoms with E-state index in [2.05, 4.69) is 22.8 Å². The Labute approximate surface area is 241 Å². The quantitative estimate of drug-likeness (QED) is 0.276. The predicted molar refractivity (Wildman–Crippen MR) is 156 cm³/mol. The summed E-state index contributed by atoms with van der Waals surface area (Å²) in [6.07, 6.45) is -1.41. The molecule has 8 nitrogen and oxygen atoms in total. The average Bonchev–Trinajstić information content (AvgIpc) is 3.27. The first-order chi connectivity index (χ1) is 19.7. The zero-order valence-corrected chi connectivity index (χ0v) is 23.9. The molecule has 0 aliphatic heterocycles. The SMILES string of the molecule is CC(C)C(C(=O)N[C@@H](C(=O)O)[C@H](C)OCc1ccccc1)C(C)NC(=O)OCC1c2ccccc2-c2ccccc21. The average molecular weight is 559 g/mol. The second kappa shape index (κ2) is 13.5. The molecule has 2 unspecified atom stereocenters. The van der Waals surface area contributed by atoms with Crippen molar-refractivity contribution in [2.45, 2.75) is 58.4 Å². The molecule has 0 bridgehead atoms. The predicted octanol–water partition coefficient (Wildman–Crippen LogP) is 5.36. The number of carboxylic acid groups (broad SMARTS) is 1. The first-order valence-corrected chi connectivity index (χ1v) is 14.0. The van der Waals surface area contributed by atoms with Gasteiger partial charge in [0.15, 0.2) is 6.04 Å². The van der Waals surface area contributed by atoms with Crippen LogP contribution in [0.15, 0.2) is 78.9 Å². The van der Waals surface area contributed by atoms with Crippen LogP contribution in [0.4, 0.5) is 4.79 Å². The van der Waals surface area contributed by atoms with Crippen LogP contribution < -0.4 is 10.6 Å². The fourth-order valence-electron chi connectivity index (χ4n) is 5.55. The minimum Gasteiger partial charge on any atom is -0.480 e. The molecular weight excluding hydrogens is 520 g/mol. The van der Waals surface area contributed by atoms with Gasteiger partial charge >= 0.3 is 12.1 Å². The van der Waals surface area contributed by atoms with Gasteiger partial charge in [0.05, 0.1) is 18.6 Å². The highest BCUT2D eigenvalue weighted by molar-refractivity contribution is 5.86. The second-order valence-electron chi connectivity index (χ2n) is 10.9. The zero-order valence-electron chi connectivity index (χ0n) is 23.9. The number of hydrogen-bond acceptors (Lipinski definition) is 5. The number of carboxylic acids is 1. The molecular formula is C33H38N2O6. The lowest BCUT2D eigenvalue weighted by molar-refractivity contribution is -0.147. The molecule has 2 amide bonds. The molecule has 3 N–H and O–H groups in total. The van der Waals surface area contributed by atoms with Crippen molar-refractivity contribution in [2.75, 3.05) is 6.61 Å². The number of rotatable bonds is 12. The lowest BCUT2D eigenvalue weighted by atomic mass is 9.88. The summed E-state index contributed by atoms with van der Waals surface area (Å²) in [5.41, 5.74) is 5.39. The van der Waals surface area contributed by atoms with Crippen LogP contribution in [0.5, 0.6) is 0 Å². The molecule has 3 aromatic rings. The third-order valence-corrected chi connectivity index (χ3v) is 7.64. The van der Waals surface area contributed by atoms with E-state index in [9.17, 15) is 19.5 Å². The smallest absolute Gasteiger partial charge is 0.407 e. The molecule has 0 heterocycles. The van der Waals surface area contributed by atoms with Crippen molar-refractivity contribution in [3.05, 3.63) is 95.6 Å². The van der Waals surface area contributed by atoms with Gasteiger partial charge in [0.25, 0.3) is 0 Å². The molecule has 4 rings (SSSR count). The Morgan fingerprint density at radius 1 is 0.805 bits per heavy atom. The molecule has 0 saturated carbocycles. The summed E-state index contributed by atoms with van der Waals surface area (Å²) in [7, 11) is 0. The maximum absolute atomic E-state index is 13.3. The van der Waals surface area contributed by atoms with Crippen molar-refractivity contribution >= 4 is 18.0 Å². The van der Waals surface area contributed by atoms with Gasteiger partial charge in [-0.05, 0) is 47.6 Å². The Morgan fingerprint density at radius 2 is 1.37 bits per heavy atom. The number of fused-ring (bicyclic) bond motifs is 3. The van der Waals surface area contributed by atoms with Crippen LogP contribution in [0.2, 0.25) is 0 Å². The van der Waals surface area contributed by atoms with Crippen LogP contribution in [0.3, 0.4) is 0 Å². The highest BCUT2D eigenvalue weighted by Gasteiger charge is 2.35. The summed E-state index contributed by atoms with van der Waals surface area (Å²) in [6.45, 7) is 7.41. The standard InChI is InChI=1S/C33H38N2O6/c1-20(2)29(31(36)35-30(32(37)38)22(4)40-18-23-12-6-5-7-13-23)21(3)34-33(39)41-19-28-26-16-10-8-14-24(26)25-15-9-11-17-27(25)28/h5-17,20-22,28-30H,18-19H2,1-4H3,(H,34,39)(H,35,36)(H,37,38)/t21?,22-,29?,30+/m0/s1. The Kier molecular flexibility index (Phi) is 9.78. The Hall–Kier alpha value is -4.17. The summed E-state index contributed by atoms with van der Waals surface area (Å²) < 4.78 is 11.4. The summed E-state index contributed by atoms with van der Waals surface area (Å²) >= 11 is 0. The van der Waals surface area contributed by atoms with E-state index in [4.69, 9.17) is 9.47 Å². The van der Waals surface area contributed by atoms with Crippen LogP contribution in [-0.2, 0) is 25.7 Å². The molecule has 8 heteroatoms. The second-order valence-corrected chi connectivity index (χ2v) is 10.9. The molecule has 0 fully saturated rings. The molecule has 4 atom stereocenters. The number of carbonyl (C=O) groups excluding carboxylic acids is 2. The summed E-state index contributed by atoms with van der Waals surface area (Å²) in [4.78, 5) is 38.2. The monoisotopic (exact) mass is 558 g/mol. The molecule has 0 radical (unpaired) electrons. The number of nitrogens with one attached hydrogen (secondary N) is 2. The molecule has 0 saturated heterocycles. The Balaban J connectivity index is 1.35. The number of amides is 2. The van der Waals surface area contributed by atoms with Gasteiger partial charge in [-0.25, -0.2) is 9.59 Å². The number of ether oxygens (including phenoxy) is 2. The molecule has 3 aromatic carbocycles. The highest BCUT2D eigenvalue weighted by Crippen LogP contribution is 2.44. The summed E-state index contributed by atoms with van der Waals surface area (Å²) in [5, 5.41) is 15.2. The van der Waals surface area contributed by atoms with E-state index in [-0.39, 0.29) is 25.0 Å². The van der Waals surface area contributed by atoms with Gasteiger partial charge in [-0.15, -0.1) is 0 Å². The van der Waals surface area contributed by atoms with E-state index in [0.29, 0.717) is 0 Å². The van der Waals surface area contributed by atoms with Gasteiger partial charge in [0.1, 0.15) is 6.61 Å². The van der Waals surface area contributed by atoms with Crippen molar-refractivity contribution in [1.82, 2.24) is 10.6 Å². The normalized spacial score (nSPS) is 15.2. The van der Waals surface area contributed by atoms with E-state index >= 15 is 0 Å². The van der Waals surface area contributed by atoms with E-state index in [1.54, 1.807) is 13.8 Å². The van der Waals surface area contributed by atoms with Gasteiger partial charge in [-0.2, -0.15) is 0 Å². The Bertz CT molecular complexity index is 1310. The van der Waals surface area contributed by atoms with E-state index in [1.165, 1.54) is 0 Å². The third-order valence-electron chi connectivity index (χ3n) is 7.64. The number of carbonyl (C=O) groups is 3. The minimum atomic E-state index is -1.26. The van der Waals surface area contributed by atoms with Crippen molar-refractivity contribution in [3.8, 4) is 11.1 Å². The number of benzene rings is 3. The molecule has 0 aromatic heterocycles. The van der Waals surface area contributed by atoms with Crippen molar-refractivity contribution in [1.29, 1.82) is 0 Å².